The van der Waals surface area contributed by atoms with Crippen LogP contribution >= 0.6 is 12.2 Å². The first-order valence-electron chi connectivity index (χ1n) is 6.12. The Labute approximate surface area is 116 Å². The number of aromatic amines is 1. The molecule has 1 aliphatic heterocycles. The number of hydrogen-bond donors (Lipinski definition) is 1. The number of nitrogens with one attached hydrogen (secondary N) is 1. The van der Waals surface area contributed by atoms with Crippen molar-refractivity contribution >= 4 is 12.2 Å². The number of benzene rings is 1. The molecule has 0 aliphatic carbocycles. The summed E-state index contributed by atoms with van der Waals surface area (Å²) in [5.41, 5.74) is 4.02. The quantitative estimate of drug-likeness (QED) is 0.811. The molecule has 3 rings (SSSR count). The van der Waals surface area contributed by atoms with Crippen LogP contribution in [0.5, 0.6) is 11.5 Å². The van der Waals surface area contributed by atoms with E-state index >= 15 is 0 Å². The fourth-order valence-corrected chi connectivity index (χ4v) is 2.29. The summed E-state index contributed by atoms with van der Waals surface area (Å²) in [4.78, 5) is 0. The van der Waals surface area contributed by atoms with Crippen LogP contribution in [0.1, 0.15) is 11.1 Å². The van der Waals surface area contributed by atoms with Gasteiger partial charge in [-0.05, 0) is 43.2 Å². The van der Waals surface area contributed by atoms with Crippen LogP contribution in [0.4, 0.5) is 0 Å². The molecule has 0 radical (unpaired) electrons. The monoisotopic (exact) mass is 274 g/mol. The van der Waals surface area contributed by atoms with Crippen LogP contribution in [0, 0.1) is 18.5 Å². The third kappa shape index (κ3) is 2.10. The summed E-state index contributed by atoms with van der Waals surface area (Å²) in [5.74, 6) is 1.55. The summed E-state index contributed by atoms with van der Waals surface area (Å²) in [6.07, 6.45) is 0. The zero-order valence-electron chi connectivity index (χ0n) is 10.8. The molecule has 1 aliphatic rings. The number of nitrogens with zero attached hydrogens (tertiary/aromatic N) is 1. The van der Waals surface area contributed by atoms with Crippen LogP contribution in [0.25, 0.3) is 11.3 Å². The minimum atomic E-state index is 0.582. The van der Waals surface area contributed by atoms with Crippen molar-refractivity contribution in [1.29, 1.82) is 0 Å². The summed E-state index contributed by atoms with van der Waals surface area (Å²) < 4.78 is 11.8. The Bertz CT molecular complexity index is 694. The van der Waals surface area contributed by atoms with Gasteiger partial charge in [0.15, 0.2) is 11.5 Å². The van der Waals surface area contributed by atoms with Crippen LogP contribution in [-0.2, 0) is 0 Å². The van der Waals surface area contributed by atoms with Gasteiger partial charge in [-0.25, -0.2) is 0 Å². The maximum Gasteiger partial charge on any atom is 0.162 e. The average Bonchev–Trinajstić information content (AvgIpc) is 2.44. The number of fused-ring (bicyclic) bond motifs is 1. The summed E-state index contributed by atoms with van der Waals surface area (Å²) >= 11 is 5.18. The molecule has 2 heterocycles. The van der Waals surface area contributed by atoms with E-state index in [0.717, 1.165) is 33.9 Å². The number of H-pyrrole nitrogens is 1. The van der Waals surface area contributed by atoms with Crippen molar-refractivity contribution < 1.29 is 9.47 Å². The maximum atomic E-state index is 5.60. The van der Waals surface area contributed by atoms with Crippen LogP contribution in [0.15, 0.2) is 18.2 Å². The Morgan fingerprint density at radius 3 is 2.63 bits per heavy atom. The van der Waals surface area contributed by atoms with Gasteiger partial charge in [0.1, 0.15) is 17.9 Å². The second kappa shape index (κ2) is 4.66. The lowest BCUT2D eigenvalue weighted by molar-refractivity contribution is 0.171. The van der Waals surface area contributed by atoms with E-state index in [4.69, 9.17) is 21.7 Å². The largest absolute Gasteiger partial charge is 0.486 e. The third-order valence-corrected chi connectivity index (χ3v) is 3.74. The van der Waals surface area contributed by atoms with Gasteiger partial charge in [-0.15, -0.1) is 0 Å². The van der Waals surface area contributed by atoms with Crippen molar-refractivity contribution in [2.45, 2.75) is 13.8 Å². The molecule has 0 saturated heterocycles. The number of aromatic nitrogens is 2. The van der Waals surface area contributed by atoms with Crippen LogP contribution in [-0.4, -0.2) is 23.4 Å². The Kier molecular flexibility index (Phi) is 2.98. The van der Waals surface area contributed by atoms with E-state index in [2.05, 4.69) is 10.2 Å². The SMILES string of the molecule is Cc1c(-c2ccc3c(c2)OCCO3)n[nH]c(=S)c1C. The molecule has 1 aromatic carbocycles. The van der Waals surface area contributed by atoms with Gasteiger partial charge in [-0.3, -0.25) is 5.10 Å². The van der Waals surface area contributed by atoms with Crippen molar-refractivity contribution in [3.8, 4) is 22.8 Å². The van der Waals surface area contributed by atoms with Crippen LogP contribution < -0.4 is 9.47 Å². The predicted molar refractivity (Wildman–Crippen MR) is 75.3 cm³/mol. The minimum Gasteiger partial charge on any atom is -0.486 e. The molecule has 98 valence electrons. The van der Waals surface area contributed by atoms with E-state index in [-0.39, 0.29) is 0 Å². The zero-order chi connectivity index (χ0) is 13.4. The first-order valence-corrected chi connectivity index (χ1v) is 6.53. The van der Waals surface area contributed by atoms with Crippen molar-refractivity contribution in [2.24, 2.45) is 0 Å². The van der Waals surface area contributed by atoms with Crippen molar-refractivity contribution in [1.82, 2.24) is 10.2 Å². The molecule has 5 heteroatoms. The van der Waals surface area contributed by atoms with E-state index in [1.807, 2.05) is 32.0 Å². The Morgan fingerprint density at radius 1 is 1.11 bits per heavy atom. The summed E-state index contributed by atoms with van der Waals surface area (Å²) in [6, 6.07) is 5.86. The smallest absolute Gasteiger partial charge is 0.162 e. The molecular weight excluding hydrogens is 260 g/mol. The van der Waals surface area contributed by atoms with Gasteiger partial charge in [0.05, 0.1) is 5.69 Å². The van der Waals surface area contributed by atoms with Gasteiger partial charge in [0.25, 0.3) is 0 Å². The highest BCUT2D eigenvalue weighted by molar-refractivity contribution is 7.71. The molecule has 0 saturated carbocycles. The fraction of sp³-hybridized carbons (Fsp3) is 0.286. The van der Waals surface area contributed by atoms with Gasteiger partial charge >= 0.3 is 0 Å². The predicted octanol–water partition coefficient (Wildman–Crippen LogP) is 3.19. The van der Waals surface area contributed by atoms with Gasteiger partial charge in [0.2, 0.25) is 0 Å². The normalized spacial score (nSPS) is 13.4. The van der Waals surface area contributed by atoms with E-state index in [1.165, 1.54) is 0 Å². The Morgan fingerprint density at radius 2 is 1.84 bits per heavy atom. The van der Waals surface area contributed by atoms with E-state index < -0.39 is 0 Å². The molecule has 0 fully saturated rings. The topological polar surface area (TPSA) is 47.1 Å². The van der Waals surface area contributed by atoms with Gasteiger partial charge in [0, 0.05) is 5.56 Å². The standard InChI is InChI=1S/C14H14N2O2S/c1-8-9(2)14(19)16-15-13(8)10-3-4-11-12(7-10)18-6-5-17-11/h3-4,7H,5-6H2,1-2H3,(H,16,19). The number of ether oxygens (including phenoxy) is 2. The van der Waals surface area contributed by atoms with Gasteiger partial charge < -0.3 is 9.47 Å². The number of rotatable bonds is 1. The summed E-state index contributed by atoms with van der Waals surface area (Å²) in [6.45, 7) is 5.20. The second-order valence-corrected chi connectivity index (χ2v) is 4.92. The molecular formula is C14H14N2O2S. The van der Waals surface area contributed by atoms with Crippen molar-refractivity contribution in [3.63, 3.8) is 0 Å². The fourth-order valence-electron chi connectivity index (χ4n) is 2.09. The lowest BCUT2D eigenvalue weighted by Gasteiger charge is -2.19. The summed E-state index contributed by atoms with van der Waals surface area (Å²) in [5, 5.41) is 7.21. The lowest BCUT2D eigenvalue weighted by atomic mass is 10.0. The maximum absolute atomic E-state index is 5.60. The van der Waals surface area contributed by atoms with E-state index in [0.29, 0.717) is 17.9 Å². The lowest BCUT2D eigenvalue weighted by Crippen LogP contribution is -2.15. The Balaban J connectivity index is 2.12. The van der Waals surface area contributed by atoms with E-state index in [9.17, 15) is 0 Å². The molecule has 1 N–H and O–H groups in total. The van der Waals surface area contributed by atoms with E-state index in [1.54, 1.807) is 0 Å². The van der Waals surface area contributed by atoms with Crippen LogP contribution in [0.2, 0.25) is 0 Å². The van der Waals surface area contributed by atoms with Crippen molar-refractivity contribution in [3.05, 3.63) is 34.0 Å². The molecule has 2 aromatic rings. The van der Waals surface area contributed by atoms with Gasteiger partial charge in [-0.1, -0.05) is 12.2 Å². The average molecular weight is 274 g/mol. The Hall–Kier alpha value is -1.88. The minimum absolute atomic E-state index is 0.582. The molecule has 0 amide bonds. The molecule has 0 atom stereocenters. The zero-order valence-corrected chi connectivity index (χ0v) is 11.6. The molecule has 0 bridgehead atoms. The van der Waals surface area contributed by atoms with Gasteiger partial charge in [-0.2, -0.15) is 5.10 Å². The summed E-state index contributed by atoms with van der Waals surface area (Å²) in [7, 11) is 0. The number of hydrogen-bond acceptors (Lipinski definition) is 4. The molecule has 4 nitrogen and oxygen atoms in total. The first-order chi connectivity index (χ1) is 9.16. The highest BCUT2D eigenvalue weighted by Crippen LogP contribution is 2.34. The molecule has 1 aromatic heterocycles. The van der Waals surface area contributed by atoms with Crippen molar-refractivity contribution in [2.75, 3.05) is 13.2 Å². The molecule has 0 unspecified atom stereocenters. The second-order valence-electron chi connectivity index (χ2n) is 4.51. The third-order valence-electron chi connectivity index (χ3n) is 3.34. The highest BCUT2D eigenvalue weighted by Gasteiger charge is 2.14. The van der Waals surface area contributed by atoms with Crippen LogP contribution in [0.3, 0.4) is 0 Å². The highest BCUT2D eigenvalue weighted by atomic mass is 32.1. The first kappa shape index (κ1) is 12.2. The molecule has 19 heavy (non-hydrogen) atoms. The molecule has 0 spiro atoms.